The highest BCUT2D eigenvalue weighted by Crippen LogP contribution is 2.32. The highest BCUT2D eigenvalue weighted by molar-refractivity contribution is 7.92. The number of likely N-dealkylation sites (N-methyl/N-ethyl adjacent to an activating group) is 1. The second-order valence-electron chi connectivity index (χ2n) is 9.26. The molecule has 1 N–H and O–H groups in total. The highest BCUT2D eigenvalue weighted by atomic mass is 32.2. The van der Waals surface area contributed by atoms with Gasteiger partial charge in [-0.1, -0.05) is 48.0 Å². The van der Waals surface area contributed by atoms with Crippen molar-refractivity contribution in [1.82, 2.24) is 10.2 Å². The average molecular weight is 568 g/mol. The van der Waals surface area contributed by atoms with Crippen molar-refractivity contribution in [3.63, 3.8) is 0 Å². The van der Waals surface area contributed by atoms with Gasteiger partial charge in [0.05, 0.1) is 24.8 Å². The molecule has 0 saturated carbocycles. The van der Waals surface area contributed by atoms with Crippen molar-refractivity contribution in [2.24, 2.45) is 0 Å². The molecule has 0 aromatic heterocycles. The molecule has 0 bridgehead atoms. The first-order valence-corrected chi connectivity index (χ1v) is 14.5. The maximum Gasteiger partial charge on any atom is 0.264 e. The molecule has 1 atom stereocenters. The maximum absolute atomic E-state index is 14.0. The van der Waals surface area contributed by atoms with Gasteiger partial charge in [0, 0.05) is 19.2 Å². The molecule has 10 heteroatoms. The number of nitrogens with one attached hydrogen (secondary N) is 1. The van der Waals surface area contributed by atoms with Gasteiger partial charge in [0.15, 0.2) is 11.5 Å². The molecule has 0 heterocycles. The number of carbonyl (C=O) groups excluding carboxylic acids is 2. The molecule has 0 radical (unpaired) electrons. The summed E-state index contributed by atoms with van der Waals surface area (Å²) in [6, 6.07) is 19.9. The lowest BCUT2D eigenvalue weighted by Crippen LogP contribution is -2.52. The van der Waals surface area contributed by atoms with Crippen LogP contribution in [-0.2, 0) is 26.0 Å². The van der Waals surface area contributed by atoms with E-state index in [-0.39, 0.29) is 23.1 Å². The standard InChI is InChI=1S/C30H37N3O6S/c1-6-31-30(35)23(3)32(19-18-24-10-8-7-9-11-24)29(34)21-33(25-14-12-22(2)13-15-25)40(36,37)26-16-17-27(38-4)28(20-26)39-5/h7-17,20,23H,6,18-19,21H2,1-5H3,(H,31,35)/t23-/m1/s1. The minimum atomic E-state index is -4.23. The summed E-state index contributed by atoms with van der Waals surface area (Å²) in [6.45, 7) is 5.48. The van der Waals surface area contributed by atoms with E-state index in [2.05, 4.69) is 5.32 Å². The van der Waals surface area contributed by atoms with Crippen molar-refractivity contribution in [3.8, 4) is 11.5 Å². The Morgan fingerprint density at radius 1 is 0.925 bits per heavy atom. The summed E-state index contributed by atoms with van der Waals surface area (Å²) in [7, 11) is -1.35. The molecule has 2 amide bonds. The van der Waals surface area contributed by atoms with Crippen LogP contribution >= 0.6 is 0 Å². The van der Waals surface area contributed by atoms with E-state index in [9.17, 15) is 18.0 Å². The molecule has 40 heavy (non-hydrogen) atoms. The molecule has 0 unspecified atom stereocenters. The Kier molecular flexibility index (Phi) is 10.6. The van der Waals surface area contributed by atoms with Gasteiger partial charge in [0.2, 0.25) is 11.8 Å². The quantitative estimate of drug-likeness (QED) is 0.337. The summed E-state index contributed by atoms with van der Waals surface area (Å²) in [6.07, 6.45) is 0.503. The molecule has 0 aliphatic carbocycles. The lowest BCUT2D eigenvalue weighted by Gasteiger charge is -2.32. The van der Waals surface area contributed by atoms with E-state index in [4.69, 9.17) is 9.47 Å². The SMILES string of the molecule is CCNC(=O)[C@@H](C)N(CCc1ccccc1)C(=O)CN(c1ccc(C)cc1)S(=O)(=O)c1ccc(OC)c(OC)c1. The largest absolute Gasteiger partial charge is 0.493 e. The Balaban J connectivity index is 2.01. The second kappa shape index (κ2) is 13.8. The third-order valence-corrected chi connectivity index (χ3v) is 8.32. The Morgan fingerprint density at radius 2 is 1.57 bits per heavy atom. The molecular weight excluding hydrogens is 530 g/mol. The number of hydrogen-bond donors (Lipinski definition) is 1. The van der Waals surface area contributed by atoms with Crippen molar-refractivity contribution < 1.29 is 27.5 Å². The van der Waals surface area contributed by atoms with Gasteiger partial charge in [-0.3, -0.25) is 13.9 Å². The lowest BCUT2D eigenvalue weighted by atomic mass is 10.1. The van der Waals surface area contributed by atoms with Gasteiger partial charge in [0.25, 0.3) is 10.0 Å². The second-order valence-corrected chi connectivity index (χ2v) is 11.1. The summed E-state index contributed by atoms with van der Waals surface area (Å²) in [5.41, 5.74) is 2.26. The van der Waals surface area contributed by atoms with Crippen LogP contribution in [0.15, 0.2) is 77.7 Å². The Labute approximate surface area is 236 Å². The highest BCUT2D eigenvalue weighted by Gasteiger charge is 2.32. The number of amides is 2. The molecule has 3 rings (SSSR count). The van der Waals surface area contributed by atoms with Crippen LogP contribution in [0.2, 0.25) is 0 Å². The normalized spacial score (nSPS) is 11.8. The summed E-state index contributed by atoms with van der Waals surface area (Å²) in [4.78, 5) is 28.0. The Bertz CT molecular complexity index is 1390. The minimum absolute atomic E-state index is 0.0638. The minimum Gasteiger partial charge on any atom is -0.493 e. The number of aryl methyl sites for hydroxylation is 1. The number of ether oxygens (including phenoxy) is 2. The van der Waals surface area contributed by atoms with Gasteiger partial charge >= 0.3 is 0 Å². The number of nitrogens with zero attached hydrogens (tertiary/aromatic N) is 2. The predicted octanol–water partition coefficient (Wildman–Crippen LogP) is 3.80. The molecule has 9 nitrogen and oxygen atoms in total. The van der Waals surface area contributed by atoms with E-state index in [1.807, 2.05) is 37.3 Å². The average Bonchev–Trinajstić information content (AvgIpc) is 2.96. The number of benzene rings is 3. The smallest absolute Gasteiger partial charge is 0.264 e. The molecule has 0 saturated heterocycles. The van der Waals surface area contributed by atoms with Crippen molar-refractivity contribution >= 4 is 27.5 Å². The first-order chi connectivity index (χ1) is 19.1. The number of anilines is 1. The fraction of sp³-hybridized carbons (Fsp3) is 0.333. The Hall–Kier alpha value is -4.05. The van der Waals surface area contributed by atoms with Crippen LogP contribution in [0.5, 0.6) is 11.5 Å². The fourth-order valence-electron chi connectivity index (χ4n) is 4.24. The zero-order valence-corrected chi connectivity index (χ0v) is 24.4. The molecule has 0 aliphatic rings. The van der Waals surface area contributed by atoms with Gasteiger partial charge in [-0.2, -0.15) is 0 Å². The number of carbonyl (C=O) groups is 2. The topological polar surface area (TPSA) is 105 Å². The first kappa shape index (κ1) is 30.5. The van der Waals surface area contributed by atoms with E-state index in [0.717, 1.165) is 15.4 Å². The fourth-order valence-corrected chi connectivity index (χ4v) is 5.67. The van der Waals surface area contributed by atoms with Gasteiger partial charge in [-0.05, 0) is 57.0 Å². The number of methoxy groups -OCH3 is 2. The molecule has 3 aromatic carbocycles. The third kappa shape index (κ3) is 7.32. The van der Waals surface area contributed by atoms with E-state index in [1.54, 1.807) is 38.1 Å². The number of hydrogen-bond acceptors (Lipinski definition) is 6. The van der Waals surface area contributed by atoms with Crippen molar-refractivity contribution in [2.45, 2.75) is 38.1 Å². The van der Waals surface area contributed by atoms with Crippen LogP contribution in [0.4, 0.5) is 5.69 Å². The molecule has 0 aliphatic heterocycles. The van der Waals surface area contributed by atoms with Crippen LogP contribution in [0, 0.1) is 6.92 Å². The van der Waals surface area contributed by atoms with Gasteiger partial charge in [-0.15, -0.1) is 0 Å². The van der Waals surface area contributed by atoms with Crippen molar-refractivity contribution in [2.75, 3.05) is 38.2 Å². The summed E-state index contributed by atoms with van der Waals surface area (Å²) >= 11 is 0. The zero-order chi connectivity index (χ0) is 29.3. The monoisotopic (exact) mass is 567 g/mol. The van der Waals surface area contributed by atoms with E-state index in [1.165, 1.54) is 37.3 Å². The molecule has 214 valence electrons. The molecule has 0 fully saturated rings. The van der Waals surface area contributed by atoms with Gasteiger partial charge < -0.3 is 19.7 Å². The van der Waals surface area contributed by atoms with Crippen molar-refractivity contribution in [1.29, 1.82) is 0 Å². The van der Waals surface area contributed by atoms with Gasteiger partial charge in [0.1, 0.15) is 12.6 Å². The summed E-state index contributed by atoms with van der Waals surface area (Å²) < 4.78 is 39.7. The Morgan fingerprint density at radius 3 is 2.17 bits per heavy atom. The number of sulfonamides is 1. The molecule has 3 aromatic rings. The first-order valence-electron chi connectivity index (χ1n) is 13.0. The number of rotatable bonds is 13. The van der Waals surface area contributed by atoms with Crippen LogP contribution in [0.25, 0.3) is 0 Å². The van der Waals surface area contributed by atoms with E-state index >= 15 is 0 Å². The third-order valence-electron chi connectivity index (χ3n) is 6.55. The predicted molar refractivity (Wildman–Crippen MR) is 155 cm³/mol. The van der Waals surface area contributed by atoms with Crippen LogP contribution in [0.1, 0.15) is 25.0 Å². The lowest BCUT2D eigenvalue weighted by molar-refractivity contribution is -0.138. The van der Waals surface area contributed by atoms with E-state index in [0.29, 0.717) is 24.4 Å². The summed E-state index contributed by atoms with van der Waals surface area (Å²) in [5, 5.41) is 2.76. The summed E-state index contributed by atoms with van der Waals surface area (Å²) in [5.74, 6) is -0.191. The van der Waals surface area contributed by atoms with Gasteiger partial charge in [-0.25, -0.2) is 8.42 Å². The maximum atomic E-state index is 14.0. The van der Waals surface area contributed by atoms with Crippen molar-refractivity contribution in [3.05, 3.63) is 83.9 Å². The van der Waals surface area contributed by atoms with Crippen LogP contribution in [0.3, 0.4) is 0 Å². The van der Waals surface area contributed by atoms with Crippen LogP contribution in [-0.4, -0.2) is 65.0 Å². The molecular formula is C30H37N3O6S. The van der Waals surface area contributed by atoms with Crippen LogP contribution < -0.4 is 19.1 Å². The zero-order valence-electron chi connectivity index (χ0n) is 23.6. The van der Waals surface area contributed by atoms with E-state index < -0.39 is 28.5 Å². The molecule has 0 spiro atoms.